The Morgan fingerprint density at radius 3 is 2.69 bits per heavy atom. The molecule has 0 atom stereocenters. The molecule has 0 aliphatic carbocycles. The Morgan fingerprint density at radius 1 is 1.46 bits per heavy atom. The number of rotatable bonds is 5. The van der Waals surface area contributed by atoms with E-state index < -0.39 is 0 Å². The van der Waals surface area contributed by atoms with Crippen LogP contribution in [-0.2, 0) is 4.79 Å². The lowest BCUT2D eigenvalue weighted by Gasteiger charge is -2.12. The van der Waals surface area contributed by atoms with E-state index in [0.29, 0.717) is 13.0 Å². The first-order valence-corrected chi connectivity index (χ1v) is 4.92. The molecule has 74 valence electrons. The molecule has 0 aliphatic heterocycles. The van der Waals surface area contributed by atoms with Crippen LogP contribution in [0, 0.1) is 11.3 Å². The van der Waals surface area contributed by atoms with Crippen molar-refractivity contribution in [1.82, 2.24) is 4.90 Å². The Kier molecular flexibility index (Phi) is 7.53. The first kappa shape index (κ1) is 12.3. The molecule has 0 saturated heterocycles. The largest absolute Gasteiger partial charge is 0.335 e. The maximum atomic E-state index is 11.3. The highest BCUT2D eigenvalue weighted by Gasteiger charge is 2.05. The van der Waals surface area contributed by atoms with Gasteiger partial charge in [-0.25, -0.2) is 0 Å². The van der Waals surface area contributed by atoms with E-state index in [9.17, 15) is 4.79 Å². The zero-order valence-corrected chi connectivity index (χ0v) is 9.02. The van der Waals surface area contributed by atoms with Gasteiger partial charge in [0.25, 0.3) is 0 Å². The fraction of sp³-hybridized carbons (Fsp3) is 0.700. The van der Waals surface area contributed by atoms with E-state index in [1.807, 2.05) is 0 Å². The monoisotopic (exact) mass is 201 g/mol. The molecule has 0 spiro atoms. The second kappa shape index (κ2) is 7.94. The van der Waals surface area contributed by atoms with Crippen molar-refractivity contribution in [3.8, 4) is 11.3 Å². The maximum Gasteiger partial charge on any atom is 0.223 e. The quantitative estimate of drug-likeness (QED) is 0.494. The number of hydrogen-bond donors (Lipinski definition) is 0. The number of hydrogen-bond acceptors (Lipinski definition) is 1. The summed E-state index contributed by atoms with van der Waals surface area (Å²) in [5, 5.41) is 2.25. The minimum absolute atomic E-state index is 0.146. The molecule has 0 bridgehead atoms. The average molecular weight is 202 g/mol. The molecule has 0 radical (unpaired) electrons. The van der Waals surface area contributed by atoms with Crippen molar-refractivity contribution in [3.05, 3.63) is 0 Å². The normalized spacial score (nSPS) is 8.85. The first-order valence-electron chi connectivity index (χ1n) is 4.54. The van der Waals surface area contributed by atoms with Crippen molar-refractivity contribution < 1.29 is 4.79 Å². The lowest BCUT2D eigenvalue weighted by molar-refractivity contribution is -0.129. The van der Waals surface area contributed by atoms with Crippen LogP contribution in [0.2, 0.25) is 0 Å². The van der Waals surface area contributed by atoms with E-state index in [-0.39, 0.29) is 5.91 Å². The topological polar surface area (TPSA) is 20.3 Å². The summed E-state index contributed by atoms with van der Waals surface area (Å²) in [6, 6.07) is 0. The minimum Gasteiger partial charge on any atom is -0.335 e. The zero-order valence-electron chi connectivity index (χ0n) is 8.27. The standard InChI is InChI=1S/C10H16ClNO/c1-3-4-5-7-10(13)12(2)9-6-8-11/h3-5,7,9H2,1-2H3. The van der Waals surface area contributed by atoms with Gasteiger partial charge in [0.15, 0.2) is 0 Å². The third-order valence-corrected chi connectivity index (χ3v) is 1.94. The van der Waals surface area contributed by atoms with Gasteiger partial charge in [0, 0.05) is 18.8 Å². The van der Waals surface area contributed by atoms with Crippen molar-refractivity contribution in [2.45, 2.75) is 32.6 Å². The summed E-state index contributed by atoms with van der Waals surface area (Å²) in [5.41, 5.74) is 0. The molecular formula is C10H16ClNO. The van der Waals surface area contributed by atoms with Gasteiger partial charge in [0.2, 0.25) is 5.91 Å². The molecule has 3 heteroatoms. The number of halogens is 1. The summed E-state index contributed by atoms with van der Waals surface area (Å²) in [6.07, 6.45) is 3.83. The van der Waals surface area contributed by atoms with Crippen molar-refractivity contribution in [1.29, 1.82) is 0 Å². The van der Waals surface area contributed by atoms with Crippen LogP contribution in [0.4, 0.5) is 0 Å². The molecule has 0 aromatic rings. The van der Waals surface area contributed by atoms with Gasteiger partial charge in [-0.3, -0.25) is 4.79 Å². The van der Waals surface area contributed by atoms with E-state index in [2.05, 4.69) is 18.2 Å². The van der Waals surface area contributed by atoms with Crippen LogP contribution in [0.15, 0.2) is 0 Å². The molecule has 0 N–H and O–H groups in total. The molecule has 0 fully saturated rings. The fourth-order valence-electron chi connectivity index (χ4n) is 0.954. The molecule has 1 amide bonds. The van der Waals surface area contributed by atoms with Crippen LogP contribution in [-0.4, -0.2) is 24.4 Å². The highest BCUT2D eigenvalue weighted by molar-refractivity contribution is 6.30. The molecule has 0 aromatic heterocycles. The SMILES string of the molecule is CCCCCC(=O)N(C)CC#CCl. The third-order valence-electron chi connectivity index (χ3n) is 1.80. The predicted molar refractivity (Wildman–Crippen MR) is 55.4 cm³/mol. The molecular weight excluding hydrogens is 186 g/mol. The Bertz CT molecular complexity index is 205. The van der Waals surface area contributed by atoms with E-state index in [4.69, 9.17) is 11.6 Å². The molecule has 2 nitrogen and oxygen atoms in total. The van der Waals surface area contributed by atoms with Crippen LogP contribution >= 0.6 is 11.6 Å². The number of unbranched alkanes of at least 4 members (excludes halogenated alkanes) is 2. The van der Waals surface area contributed by atoms with Crippen LogP contribution in [0.25, 0.3) is 0 Å². The molecule has 0 rings (SSSR count). The summed E-state index contributed by atoms with van der Waals surface area (Å²) in [4.78, 5) is 12.9. The van der Waals surface area contributed by atoms with Crippen molar-refractivity contribution in [2.75, 3.05) is 13.6 Å². The van der Waals surface area contributed by atoms with Gasteiger partial charge in [-0.2, -0.15) is 0 Å². The lowest BCUT2D eigenvalue weighted by atomic mass is 10.2. The highest BCUT2D eigenvalue weighted by Crippen LogP contribution is 2.01. The Morgan fingerprint density at radius 2 is 2.15 bits per heavy atom. The number of carbonyl (C=O) groups is 1. The first-order chi connectivity index (χ1) is 6.22. The maximum absolute atomic E-state index is 11.3. The van der Waals surface area contributed by atoms with E-state index >= 15 is 0 Å². The van der Waals surface area contributed by atoms with Gasteiger partial charge in [-0.1, -0.05) is 25.7 Å². The molecule has 0 heterocycles. The third kappa shape index (κ3) is 6.48. The second-order valence-electron chi connectivity index (χ2n) is 2.98. The fourth-order valence-corrected chi connectivity index (χ4v) is 1.01. The van der Waals surface area contributed by atoms with Gasteiger partial charge in [-0.05, 0) is 18.0 Å². The zero-order chi connectivity index (χ0) is 10.1. The van der Waals surface area contributed by atoms with Gasteiger partial charge in [0.1, 0.15) is 0 Å². The van der Waals surface area contributed by atoms with E-state index in [0.717, 1.165) is 19.3 Å². The average Bonchev–Trinajstić information content (AvgIpc) is 2.14. The Labute approximate surface area is 85.2 Å². The minimum atomic E-state index is 0.146. The van der Waals surface area contributed by atoms with Crippen LogP contribution in [0.5, 0.6) is 0 Å². The van der Waals surface area contributed by atoms with Gasteiger partial charge in [0.05, 0.1) is 6.54 Å². The van der Waals surface area contributed by atoms with Crippen LogP contribution < -0.4 is 0 Å². The Balaban J connectivity index is 3.61. The van der Waals surface area contributed by atoms with E-state index in [1.54, 1.807) is 11.9 Å². The van der Waals surface area contributed by atoms with Crippen molar-refractivity contribution in [3.63, 3.8) is 0 Å². The van der Waals surface area contributed by atoms with Crippen molar-refractivity contribution >= 4 is 17.5 Å². The summed E-state index contributed by atoms with van der Waals surface area (Å²) >= 11 is 5.18. The molecule has 13 heavy (non-hydrogen) atoms. The Hall–Kier alpha value is -0.680. The molecule has 0 aromatic carbocycles. The molecule has 0 unspecified atom stereocenters. The second-order valence-corrected chi connectivity index (χ2v) is 3.17. The number of amides is 1. The number of carbonyl (C=O) groups excluding carboxylic acids is 1. The predicted octanol–water partition coefficient (Wildman–Crippen LogP) is 2.22. The summed E-state index contributed by atoms with van der Waals surface area (Å²) < 4.78 is 0. The number of nitrogens with zero attached hydrogens (tertiary/aromatic N) is 1. The molecule has 0 saturated carbocycles. The summed E-state index contributed by atoms with van der Waals surface area (Å²) in [5.74, 6) is 2.79. The van der Waals surface area contributed by atoms with Gasteiger partial charge < -0.3 is 4.90 Å². The summed E-state index contributed by atoms with van der Waals surface area (Å²) in [7, 11) is 1.75. The lowest BCUT2D eigenvalue weighted by Crippen LogP contribution is -2.26. The van der Waals surface area contributed by atoms with E-state index in [1.165, 1.54) is 0 Å². The van der Waals surface area contributed by atoms with Gasteiger partial charge >= 0.3 is 0 Å². The van der Waals surface area contributed by atoms with Crippen LogP contribution in [0.1, 0.15) is 32.6 Å². The van der Waals surface area contributed by atoms with Crippen molar-refractivity contribution in [2.24, 2.45) is 0 Å². The smallest absolute Gasteiger partial charge is 0.223 e. The highest BCUT2D eigenvalue weighted by atomic mass is 35.5. The van der Waals surface area contributed by atoms with Crippen LogP contribution in [0.3, 0.4) is 0 Å². The molecule has 0 aliphatic rings. The van der Waals surface area contributed by atoms with Gasteiger partial charge in [-0.15, -0.1) is 0 Å². The summed E-state index contributed by atoms with van der Waals surface area (Å²) in [6.45, 7) is 2.54.